The summed E-state index contributed by atoms with van der Waals surface area (Å²) in [5, 5.41) is 8.78. The zero-order valence-corrected chi connectivity index (χ0v) is 12.4. The quantitative estimate of drug-likeness (QED) is 0.834. The molecule has 0 aromatic heterocycles. The van der Waals surface area contributed by atoms with Gasteiger partial charge in [0.1, 0.15) is 0 Å². The van der Waals surface area contributed by atoms with Crippen LogP contribution < -0.4 is 0 Å². The Morgan fingerprint density at radius 1 is 1.21 bits per heavy atom. The fourth-order valence-corrected chi connectivity index (χ4v) is 2.54. The van der Waals surface area contributed by atoms with Gasteiger partial charge in [-0.3, -0.25) is 9.59 Å². The molecule has 19 heavy (non-hydrogen) atoms. The van der Waals surface area contributed by atoms with E-state index >= 15 is 0 Å². The monoisotopic (exact) mass is 269 g/mol. The van der Waals surface area contributed by atoms with Gasteiger partial charge in [0.15, 0.2) is 0 Å². The number of piperidine rings is 1. The number of carboxylic acids is 1. The molecule has 1 heterocycles. The van der Waals surface area contributed by atoms with E-state index < -0.39 is 5.97 Å². The summed E-state index contributed by atoms with van der Waals surface area (Å²) in [6.45, 7) is 7.21. The smallest absolute Gasteiger partial charge is 0.303 e. The molecule has 0 spiro atoms. The number of amides is 1. The highest BCUT2D eigenvalue weighted by molar-refractivity contribution is 5.76. The largest absolute Gasteiger partial charge is 0.481 e. The first-order chi connectivity index (χ1) is 8.79. The number of carboxylic acid groups (broad SMARTS) is 1. The topological polar surface area (TPSA) is 57.6 Å². The first-order valence-electron chi connectivity index (χ1n) is 7.31. The molecular weight excluding hydrogens is 242 g/mol. The highest BCUT2D eigenvalue weighted by atomic mass is 16.4. The van der Waals surface area contributed by atoms with Gasteiger partial charge in [-0.05, 0) is 37.5 Å². The Balaban J connectivity index is 2.50. The summed E-state index contributed by atoms with van der Waals surface area (Å²) in [6, 6.07) is 0.136. The van der Waals surface area contributed by atoms with Crippen LogP contribution in [0.5, 0.6) is 0 Å². The molecule has 1 unspecified atom stereocenters. The van der Waals surface area contributed by atoms with Crippen molar-refractivity contribution in [3.63, 3.8) is 0 Å². The highest BCUT2D eigenvalue weighted by Crippen LogP contribution is 2.25. The van der Waals surface area contributed by atoms with Crippen LogP contribution in [-0.4, -0.2) is 34.5 Å². The molecule has 1 N–H and O–H groups in total. The normalized spacial score (nSPS) is 20.4. The standard InChI is InChI=1S/C15H27NO3/c1-15(2,3)10-9-13(17)16-11-5-4-6-12(16)7-8-14(18)19/h12H,4-11H2,1-3H3,(H,18,19). The van der Waals surface area contributed by atoms with Gasteiger partial charge in [-0.25, -0.2) is 0 Å². The number of likely N-dealkylation sites (tertiary alicyclic amines) is 1. The third kappa shape index (κ3) is 6.08. The molecule has 4 heteroatoms. The molecule has 1 atom stereocenters. The SMILES string of the molecule is CC(C)(C)CCC(=O)N1CCCCC1CCC(=O)O. The summed E-state index contributed by atoms with van der Waals surface area (Å²) in [5.74, 6) is -0.572. The molecule has 1 fully saturated rings. The van der Waals surface area contributed by atoms with Gasteiger partial charge in [0, 0.05) is 25.4 Å². The average molecular weight is 269 g/mol. The minimum absolute atomic E-state index is 0.136. The minimum atomic E-state index is -0.771. The third-order valence-corrected chi connectivity index (χ3v) is 3.73. The van der Waals surface area contributed by atoms with E-state index in [1.165, 1.54) is 0 Å². The maximum Gasteiger partial charge on any atom is 0.303 e. The van der Waals surface area contributed by atoms with Crippen LogP contribution in [0.25, 0.3) is 0 Å². The molecule has 110 valence electrons. The Labute approximate surface area is 116 Å². The summed E-state index contributed by atoms with van der Waals surface area (Å²) in [4.78, 5) is 24.9. The highest BCUT2D eigenvalue weighted by Gasteiger charge is 2.27. The fourth-order valence-electron chi connectivity index (χ4n) is 2.54. The van der Waals surface area contributed by atoms with Gasteiger partial charge in [-0.1, -0.05) is 20.8 Å². The molecular formula is C15H27NO3. The van der Waals surface area contributed by atoms with Crippen LogP contribution in [-0.2, 0) is 9.59 Å². The van der Waals surface area contributed by atoms with E-state index in [0.29, 0.717) is 12.8 Å². The molecule has 0 aliphatic carbocycles. The van der Waals surface area contributed by atoms with Gasteiger partial charge in [-0.15, -0.1) is 0 Å². The first kappa shape index (κ1) is 16.0. The summed E-state index contributed by atoms with van der Waals surface area (Å²) >= 11 is 0. The van der Waals surface area contributed by atoms with Crippen molar-refractivity contribution in [2.75, 3.05) is 6.54 Å². The summed E-state index contributed by atoms with van der Waals surface area (Å²) in [5.41, 5.74) is 0.169. The molecule has 0 aromatic carbocycles. The number of aliphatic carboxylic acids is 1. The number of carbonyl (C=O) groups excluding carboxylic acids is 1. The molecule has 1 amide bonds. The van der Waals surface area contributed by atoms with Gasteiger partial charge < -0.3 is 10.0 Å². The van der Waals surface area contributed by atoms with Crippen LogP contribution in [0.3, 0.4) is 0 Å². The van der Waals surface area contributed by atoms with E-state index in [1.807, 2.05) is 4.90 Å². The van der Waals surface area contributed by atoms with E-state index in [-0.39, 0.29) is 23.8 Å². The predicted molar refractivity (Wildman–Crippen MR) is 74.9 cm³/mol. The Bertz CT molecular complexity index is 320. The maximum atomic E-state index is 12.3. The number of carbonyl (C=O) groups is 2. The lowest BCUT2D eigenvalue weighted by Gasteiger charge is -2.36. The van der Waals surface area contributed by atoms with Crippen LogP contribution in [0.4, 0.5) is 0 Å². The first-order valence-corrected chi connectivity index (χ1v) is 7.31. The van der Waals surface area contributed by atoms with Crippen LogP contribution in [0.2, 0.25) is 0 Å². The van der Waals surface area contributed by atoms with Gasteiger partial charge in [0.2, 0.25) is 5.91 Å². The average Bonchev–Trinajstić information content (AvgIpc) is 2.33. The molecule has 0 radical (unpaired) electrons. The fraction of sp³-hybridized carbons (Fsp3) is 0.867. The van der Waals surface area contributed by atoms with Crippen LogP contribution in [0, 0.1) is 5.41 Å². The second-order valence-electron chi connectivity index (χ2n) is 6.73. The Hall–Kier alpha value is -1.06. The number of rotatable bonds is 5. The third-order valence-electron chi connectivity index (χ3n) is 3.73. The van der Waals surface area contributed by atoms with Crippen molar-refractivity contribution in [3.8, 4) is 0 Å². The zero-order valence-electron chi connectivity index (χ0n) is 12.4. The summed E-state index contributed by atoms with van der Waals surface area (Å²) in [6.07, 6.45) is 5.32. The number of hydrogen-bond donors (Lipinski definition) is 1. The van der Waals surface area contributed by atoms with Crippen molar-refractivity contribution in [3.05, 3.63) is 0 Å². The van der Waals surface area contributed by atoms with Crippen LogP contribution in [0.15, 0.2) is 0 Å². The van der Waals surface area contributed by atoms with Gasteiger partial charge in [0.05, 0.1) is 0 Å². The Kier molecular flexibility index (Phi) is 5.83. The molecule has 1 aliphatic rings. The molecule has 0 bridgehead atoms. The molecule has 1 saturated heterocycles. The van der Waals surface area contributed by atoms with Crippen LogP contribution >= 0.6 is 0 Å². The van der Waals surface area contributed by atoms with E-state index in [9.17, 15) is 9.59 Å². The van der Waals surface area contributed by atoms with E-state index in [0.717, 1.165) is 32.2 Å². The van der Waals surface area contributed by atoms with Crippen molar-refractivity contribution >= 4 is 11.9 Å². The zero-order chi connectivity index (χ0) is 14.5. The Morgan fingerprint density at radius 2 is 1.89 bits per heavy atom. The second kappa shape index (κ2) is 6.92. The lowest BCUT2D eigenvalue weighted by Crippen LogP contribution is -2.44. The van der Waals surface area contributed by atoms with Crippen molar-refractivity contribution in [2.45, 2.75) is 71.8 Å². The molecule has 0 saturated carbocycles. The van der Waals surface area contributed by atoms with Crippen molar-refractivity contribution < 1.29 is 14.7 Å². The van der Waals surface area contributed by atoms with E-state index in [4.69, 9.17) is 5.11 Å². The maximum absolute atomic E-state index is 12.3. The molecule has 0 aromatic rings. The molecule has 4 nitrogen and oxygen atoms in total. The van der Waals surface area contributed by atoms with Crippen molar-refractivity contribution in [1.29, 1.82) is 0 Å². The lowest BCUT2D eigenvalue weighted by atomic mass is 9.89. The Morgan fingerprint density at radius 3 is 2.47 bits per heavy atom. The van der Waals surface area contributed by atoms with Gasteiger partial charge >= 0.3 is 5.97 Å². The van der Waals surface area contributed by atoms with Crippen LogP contribution in [0.1, 0.15) is 65.7 Å². The van der Waals surface area contributed by atoms with Crippen molar-refractivity contribution in [1.82, 2.24) is 4.90 Å². The van der Waals surface area contributed by atoms with E-state index in [1.54, 1.807) is 0 Å². The number of nitrogens with zero attached hydrogens (tertiary/aromatic N) is 1. The number of hydrogen-bond acceptors (Lipinski definition) is 2. The lowest BCUT2D eigenvalue weighted by molar-refractivity contribution is -0.140. The van der Waals surface area contributed by atoms with Crippen molar-refractivity contribution in [2.24, 2.45) is 5.41 Å². The minimum Gasteiger partial charge on any atom is -0.481 e. The molecule has 1 aliphatic heterocycles. The van der Waals surface area contributed by atoms with Gasteiger partial charge in [0.25, 0.3) is 0 Å². The molecule has 1 rings (SSSR count). The van der Waals surface area contributed by atoms with Gasteiger partial charge in [-0.2, -0.15) is 0 Å². The summed E-state index contributed by atoms with van der Waals surface area (Å²) < 4.78 is 0. The second-order valence-corrected chi connectivity index (χ2v) is 6.73. The summed E-state index contributed by atoms with van der Waals surface area (Å²) in [7, 11) is 0. The predicted octanol–water partition coefficient (Wildman–Crippen LogP) is 3.06. The van der Waals surface area contributed by atoms with E-state index in [2.05, 4.69) is 20.8 Å².